The second-order valence-corrected chi connectivity index (χ2v) is 4.93. The highest BCUT2D eigenvalue weighted by Crippen LogP contribution is 2.20. The van der Waals surface area contributed by atoms with Crippen molar-refractivity contribution in [2.75, 3.05) is 18.0 Å². The lowest BCUT2D eigenvalue weighted by Gasteiger charge is -2.16. The SMILES string of the molecule is CCN(CC)c1ncc(C=NNC(=O)c2ccco2)s1. The summed E-state index contributed by atoms with van der Waals surface area (Å²) >= 11 is 1.53. The number of hydrogen-bond acceptors (Lipinski definition) is 6. The zero-order valence-electron chi connectivity index (χ0n) is 11.4. The third kappa shape index (κ3) is 3.45. The van der Waals surface area contributed by atoms with Crippen LogP contribution in [0.1, 0.15) is 29.3 Å². The maximum Gasteiger partial charge on any atom is 0.307 e. The van der Waals surface area contributed by atoms with Crippen LogP contribution in [0.25, 0.3) is 0 Å². The highest BCUT2D eigenvalue weighted by atomic mass is 32.1. The molecule has 0 saturated heterocycles. The van der Waals surface area contributed by atoms with E-state index < -0.39 is 0 Å². The summed E-state index contributed by atoms with van der Waals surface area (Å²) in [6, 6.07) is 3.23. The van der Waals surface area contributed by atoms with E-state index in [9.17, 15) is 4.79 Å². The molecule has 2 rings (SSSR count). The molecular formula is C13H16N4O2S. The monoisotopic (exact) mass is 292 g/mol. The molecule has 2 aromatic heterocycles. The number of nitrogens with zero attached hydrogens (tertiary/aromatic N) is 3. The van der Waals surface area contributed by atoms with Gasteiger partial charge in [0.15, 0.2) is 10.9 Å². The summed E-state index contributed by atoms with van der Waals surface area (Å²) in [7, 11) is 0. The highest BCUT2D eigenvalue weighted by Gasteiger charge is 2.08. The number of anilines is 1. The predicted molar refractivity (Wildman–Crippen MR) is 79.4 cm³/mol. The lowest BCUT2D eigenvalue weighted by Crippen LogP contribution is -2.21. The molecule has 1 amide bonds. The number of furan rings is 1. The number of aromatic nitrogens is 1. The zero-order valence-corrected chi connectivity index (χ0v) is 12.2. The van der Waals surface area contributed by atoms with Gasteiger partial charge < -0.3 is 9.32 Å². The predicted octanol–water partition coefficient (Wildman–Crippen LogP) is 2.35. The van der Waals surface area contributed by atoms with E-state index in [0.29, 0.717) is 0 Å². The van der Waals surface area contributed by atoms with Crippen LogP contribution in [0.3, 0.4) is 0 Å². The van der Waals surface area contributed by atoms with Crippen LogP contribution in [-0.2, 0) is 0 Å². The molecule has 0 aliphatic heterocycles. The number of thiazole rings is 1. The quantitative estimate of drug-likeness (QED) is 0.655. The molecule has 0 radical (unpaired) electrons. The molecule has 6 nitrogen and oxygen atoms in total. The second-order valence-electron chi connectivity index (χ2n) is 3.89. The highest BCUT2D eigenvalue weighted by molar-refractivity contribution is 7.17. The molecule has 0 unspecified atom stereocenters. The van der Waals surface area contributed by atoms with Gasteiger partial charge in [-0.05, 0) is 26.0 Å². The maximum atomic E-state index is 11.6. The summed E-state index contributed by atoms with van der Waals surface area (Å²) in [6.07, 6.45) is 4.75. The second kappa shape index (κ2) is 6.85. The van der Waals surface area contributed by atoms with Crippen LogP contribution >= 0.6 is 11.3 Å². The number of hydrogen-bond donors (Lipinski definition) is 1. The molecular weight excluding hydrogens is 276 g/mol. The van der Waals surface area contributed by atoms with Gasteiger partial charge in [-0.15, -0.1) is 0 Å². The molecule has 0 spiro atoms. The fourth-order valence-electron chi connectivity index (χ4n) is 1.59. The minimum Gasteiger partial charge on any atom is -0.459 e. The third-order valence-corrected chi connectivity index (χ3v) is 3.64. The summed E-state index contributed by atoms with van der Waals surface area (Å²) < 4.78 is 4.96. The van der Waals surface area contributed by atoms with Gasteiger partial charge in [-0.25, -0.2) is 10.4 Å². The third-order valence-electron chi connectivity index (χ3n) is 2.65. The standard InChI is InChI=1S/C13H16N4O2S/c1-3-17(4-2)13-14-8-10(20-13)9-15-16-12(18)11-6-5-7-19-11/h5-9H,3-4H2,1-2H3,(H,16,18). The van der Waals surface area contributed by atoms with Crippen LogP contribution in [0.4, 0.5) is 5.13 Å². The first-order chi connectivity index (χ1) is 9.74. The Hall–Kier alpha value is -2.15. The van der Waals surface area contributed by atoms with Crippen LogP contribution in [0.2, 0.25) is 0 Å². The van der Waals surface area contributed by atoms with E-state index in [0.717, 1.165) is 23.1 Å². The number of rotatable bonds is 6. The minimum absolute atomic E-state index is 0.232. The smallest absolute Gasteiger partial charge is 0.307 e. The molecule has 0 atom stereocenters. The van der Waals surface area contributed by atoms with E-state index in [1.165, 1.54) is 17.6 Å². The van der Waals surface area contributed by atoms with Crippen LogP contribution < -0.4 is 10.3 Å². The lowest BCUT2D eigenvalue weighted by atomic mass is 10.4. The summed E-state index contributed by atoms with van der Waals surface area (Å²) in [5, 5.41) is 4.84. The summed E-state index contributed by atoms with van der Waals surface area (Å²) in [6.45, 7) is 6.00. The first-order valence-electron chi connectivity index (χ1n) is 6.32. The van der Waals surface area contributed by atoms with Crippen molar-refractivity contribution in [2.24, 2.45) is 5.10 Å². The van der Waals surface area contributed by atoms with Crippen LogP contribution in [0, 0.1) is 0 Å². The van der Waals surface area contributed by atoms with Gasteiger partial charge in [-0.2, -0.15) is 5.10 Å². The Morgan fingerprint density at radius 1 is 1.55 bits per heavy atom. The van der Waals surface area contributed by atoms with Gasteiger partial charge in [-0.1, -0.05) is 11.3 Å². The van der Waals surface area contributed by atoms with Crippen molar-refractivity contribution >= 4 is 28.6 Å². The van der Waals surface area contributed by atoms with E-state index >= 15 is 0 Å². The Labute approximate surface area is 121 Å². The molecule has 0 saturated carbocycles. The number of nitrogens with one attached hydrogen (secondary N) is 1. The van der Waals surface area contributed by atoms with E-state index in [2.05, 4.69) is 34.3 Å². The van der Waals surface area contributed by atoms with Crippen molar-refractivity contribution in [1.82, 2.24) is 10.4 Å². The maximum absolute atomic E-state index is 11.6. The van der Waals surface area contributed by atoms with E-state index in [1.54, 1.807) is 24.5 Å². The van der Waals surface area contributed by atoms with Crippen molar-refractivity contribution < 1.29 is 9.21 Å². The fraction of sp³-hybridized carbons (Fsp3) is 0.308. The normalized spacial score (nSPS) is 10.9. The molecule has 7 heteroatoms. The van der Waals surface area contributed by atoms with E-state index in [1.807, 2.05) is 0 Å². The minimum atomic E-state index is -0.375. The number of hydrazone groups is 1. The zero-order chi connectivity index (χ0) is 14.4. The van der Waals surface area contributed by atoms with Gasteiger partial charge in [0.25, 0.3) is 0 Å². The average molecular weight is 292 g/mol. The molecule has 0 aliphatic carbocycles. The van der Waals surface area contributed by atoms with Crippen molar-refractivity contribution in [1.29, 1.82) is 0 Å². The van der Waals surface area contributed by atoms with E-state index in [-0.39, 0.29) is 11.7 Å². The Morgan fingerprint density at radius 3 is 3.00 bits per heavy atom. The lowest BCUT2D eigenvalue weighted by molar-refractivity contribution is 0.0927. The Morgan fingerprint density at radius 2 is 2.35 bits per heavy atom. The van der Waals surface area contributed by atoms with Gasteiger partial charge in [0.05, 0.1) is 17.4 Å². The summed E-state index contributed by atoms with van der Waals surface area (Å²) in [5.41, 5.74) is 2.40. The molecule has 0 aliphatic rings. The molecule has 0 fully saturated rings. The van der Waals surface area contributed by atoms with Crippen molar-refractivity contribution in [2.45, 2.75) is 13.8 Å². The molecule has 2 heterocycles. The summed E-state index contributed by atoms with van der Waals surface area (Å²) in [5.74, 6) is -0.144. The van der Waals surface area contributed by atoms with Crippen molar-refractivity contribution in [3.05, 3.63) is 35.2 Å². The molecule has 2 aromatic rings. The van der Waals surface area contributed by atoms with Crippen molar-refractivity contribution in [3.63, 3.8) is 0 Å². The van der Waals surface area contributed by atoms with Gasteiger partial charge >= 0.3 is 5.91 Å². The van der Waals surface area contributed by atoms with Gasteiger partial charge in [0.1, 0.15) is 0 Å². The van der Waals surface area contributed by atoms with Gasteiger partial charge in [0, 0.05) is 19.3 Å². The van der Waals surface area contributed by atoms with Gasteiger partial charge in [0.2, 0.25) is 0 Å². The first kappa shape index (κ1) is 14.3. The number of amides is 1. The van der Waals surface area contributed by atoms with Crippen LogP contribution in [0.15, 0.2) is 34.1 Å². The Bertz CT molecular complexity index is 573. The molecule has 106 valence electrons. The topological polar surface area (TPSA) is 70.7 Å². The molecule has 0 aromatic carbocycles. The first-order valence-corrected chi connectivity index (χ1v) is 7.14. The van der Waals surface area contributed by atoms with Crippen LogP contribution in [0.5, 0.6) is 0 Å². The fourth-order valence-corrected chi connectivity index (χ4v) is 2.51. The summed E-state index contributed by atoms with van der Waals surface area (Å²) in [4.78, 5) is 18.9. The molecule has 1 N–H and O–H groups in total. The largest absolute Gasteiger partial charge is 0.459 e. The number of carbonyl (C=O) groups is 1. The number of carbonyl (C=O) groups excluding carboxylic acids is 1. The van der Waals surface area contributed by atoms with Gasteiger partial charge in [-0.3, -0.25) is 4.79 Å². The Kier molecular flexibility index (Phi) is 4.89. The molecule has 0 bridgehead atoms. The van der Waals surface area contributed by atoms with Crippen LogP contribution in [-0.4, -0.2) is 30.2 Å². The average Bonchev–Trinajstić information content (AvgIpc) is 3.11. The van der Waals surface area contributed by atoms with E-state index in [4.69, 9.17) is 4.42 Å². The van der Waals surface area contributed by atoms with Crippen molar-refractivity contribution in [3.8, 4) is 0 Å². The Balaban J connectivity index is 1.93. The molecule has 20 heavy (non-hydrogen) atoms.